The number of methoxy groups -OCH3 is 1. The molecule has 0 saturated carbocycles. The summed E-state index contributed by atoms with van der Waals surface area (Å²) >= 11 is 0. The quantitative estimate of drug-likeness (QED) is 0.613. The summed E-state index contributed by atoms with van der Waals surface area (Å²) in [5.74, 6) is 0.169. The van der Waals surface area contributed by atoms with Crippen molar-refractivity contribution in [3.05, 3.63) is 101 Å². The van der Waals surface area contributed by atoms with Crippen LogP contribution in [0.5, 0.6) is 5.75 Å². The first-order chi connectivity index (χ1) is 15.5. The highest BCUT2D eigenvalue weighted by atomic mass is 16.5. The van der Waals surface area contributed by atoms with Gasteiger partial charge in [0.25, 0.3) is 5.91 Å². The standard InChI is InChI=1S/C26H25N3O3/c1-17-7-6-10-20(15-17)25(30)27-23-24(19-11-13-22(32-3)14-12-19)29(28-26(23)31)16-21-9-5-4-8-18(21)2/h4-16,23-24H,1-3H3,(H-,27,28,30,31)/p+1/b29-16-/t23-,24-/m1/s1. The molecule has 1 heterocycles. The average Bonchev–Trinajstić information content (AvgIpc) is 3.10. The number of benzene rings is 3. The number of amides is 2. The molecule has 1 saturated heterocycles. The second-order valence-corrected chi connectivity index (χ2v) is 7.91. The topological polar surface area (TPSA) is 70.4 Å². The number of aryl methyl sites for hydroxylation is 2. The van der Waals surface area contributed by atoms with E-state index in [1.165, 1.54) is 0 Å². The van der Waals surface area contributed by atoms with E-state index in [0.29, 0.717) is 5.56 Å². The molecule has 1 aliphatic rings. The molecule has 2 N–H and O–H groups in total. The number of hydrazine groups is 1. The number of nitrogens with one attached hydrogen (secondary N) is 2. The Morgan fingerprint density at radius 3 is 2.47 bits per heavy atom. The molecule has 0 aliphatic carbocycles. The Hall–Kier alpha value is -3.93. The monoisotopic (exact) mass is 428 g/mol. The number of hydrogen-bond acceptors (Lipinski definition) is 3. The Balaban J connectivity index is 1.72. The number of carbonyl (C=O) groups excluding carboxylic acids is 2. The first-order valence-electron chi connectivity index (χ1n) is 10.5. The zero-order valence-corrected chi connectivity index (χ0v) is 18.3. The highest BCUT2D eigenvalue weighted by Gasteiger charge is 2.47. The number of hydrazone groups is 1. The normalized spacial score (nSPS) is 19.0. The van der Waals surface area contributed by atoms with Gasteiger partial charge in [-0.05, 0) is 61.9 Å². The molecule has 0 unspecified atom stereocenters. The van der Waals surface area contributed by atoms with Crippen molar-refractivity contribution < 1.29 is 19.0 Å². The average molecular weight is 429 g/mol. The van der Waals surface area contributed by atoms with Gasteiger partial charge in [-0.25, -0.2) is 0 Å². The minimum Gasteiger partial charge on any atom is -0.497 e. The highest BCUT2D eigenvalue weighted by Crippen LogP contribution is 2.27. The molecule has 0 aromatic heterocycles. The van der Waals surface area contributed by atoms with Crippen LogP contribution in [0, 0.1) is 13.8 Å². The van der Waals surface area contributed by atoms with E-state index in [-0.39, 0.29) is 11.8 Å². The molecule has 0 radical (unpaired) electrons. The molecule has 6 heteroatoms. The van der Waals surface area contributed by atoms with Crippen molar-refractivity contribution in [1.29, 1.82) is 0 Å². The van der Waals surface area contributed by atoms with Gasteiger partial charge in [0.1, 0.15) is 5.75 Å². The molecule has 0 bridgehead atoms. The SMILES string of the molecule is COc1ccc([C@@H]2[C@@H](NC(=O)c3cccc(C)c3)C(=O)N/[N+]2=C\c2ccccc2C)cc1. The van der Waals surface area contributed by atoms with Crippen LogP contribution in [-0.2, 0) is 4.79 Å². The smallest absolute Gasteiger partial charge is 0.304 e. The fourth-order valence-electron chi connectivity index (χ4n) is 3.87. The number of ether oxygens (including phenoxy) is 1. The minimum absolute atomic E-state index is 0.267. The zero-order chi connectivity index (χ0) is 22.7. The lowest BCUT2D eigenvalue weighted by Gasteiger charge is -2.15. The second-order valence-electron chi connectivity index (χ2n) is 7.91. The van der Waals surface area contributed by atoms with Crippen LogP contribution in [0.3, 0.4) is 0 Å². The van der Waals surface area contributed by atoms with E-state index in [1.54, 1.807) is 17.9 Å². The van der Waals surface area contributed by atoms with Gasteiger partial charge in [0.05, 0.1) is 7.11 Å². The van der Waals surface area contributed by atoms with Crippen molar-refractivity contribution in [2.75, 3.05) is 7.11 Å². The van der Waals surface area contributed by atoms with Gasteiger partial charge in [-0.2, -0.15) is 0 Å². The maximum Gasteiger partial charge on any atom is 0.304 e. The van der Waals surface area contributed by atoms with Crippen LogP contribution in [0.4, 0.5) is 0 Å². The number of nitrogens with zero attached hydrogens (tertiary/aromatic N) is 1. The fourth-order valence-corrected chi connectivity index (χ4v) is 3.87. The summed E-state index contributed by atoms with van der Waals surface area (Å²) in [5.41, 5.74) is 7.37. The predicted octanol–water partition coefficient (Wildman–Crippen LogP) is 3.33. The van der Waals surface area contributed by atoms with Gasteiger partial charge < -0.3 is 10.1 Å². The summed E-state index contributed by atoms with van der Waals surface area (Å²) in [7, 11) is 1.61. The summed E-state index contributed by atoms with van der Waals surface area (Å²) in [6.45, 7) is 3.95. The maximum atomic E-state index is 13.0. The van der Waals surface area contributed by atoms with Crippen LogP contribution in [0.2, 0.25) is 0 Å². The zero-order valence-electron chi connectivity index (χ0n) is 18.3. The molecule has 6 nitrogen and oxygen atoms in total. The van der Waals surface area contributed by atoms with Crippen LogP contribution in [-0.4, -0.2) is 35.9 Å². The van der Waals surface area contributed by atoms with E-state index in [0.717, 1.165) is 28.0 Å². The van der Waals surface area contributed by atoms with Crippen molar-refractivity contribution >= 4 is 18.0 Å². The van der Waals surface area contributed by atoms with Gasteiger partial charge in [0, 0.05) is 16.7 Å². The lowest BCUT2D eigenvalue weighted by Crippen LogP contribution is -2.42. The fraction of sp³-hybridized carbons (Fsp3) is 0.192. The van der Waals surface area contributed by atoms with Gasteiger partial charge in [-0.15, -0.1) is 10.1 Å². The van der Waals surface area contributed by atoms with E-state index in [9.17, 15) is 9.59 Å². The highest BCUT2D eigenvalue weighted by molar-refractivity contribution is 5.98. The Morgan fingerprint density at radius 1 is 1.03 bits per heavy atom. The van der Waals surface area contributed by atoms with E-state index in [2.05, 4.69) is 10.7 Å². The van der Waals surface area contributed by atoms with Crippen molar-refractivity contribution in [3.63, 3.8) is 0 Å². The van der Waals surface area contributed by atoms with Gasteiger partial charge >= 0.3 is 5.91 Å². The molecular formula is C26H26N3O3+. The van der Waals surface area contributed by atoms with Crippen molar-refractivity contribution in [1.82, 2.24) is 10.7 Å². The summed E-state index contributed by atoms with van der Waals surface area (Å²) in [6.07, 6.45) is 1.90. The third-order valence-corrected chi connectivity index (χ3v) is 5.63. The van der Waals surface area contributed by atoms with Gasteiger partial charge in [0.2, 0.25) is 12.3 Å². The number of hydrogen-bond donors (Lipinski definition) is 2. The molecule has 32 heavy (non-hydrogen) atoms. The van der Waals surface area contributed by atoms with Crippen molar-refractivity contribution in [2.24, 2.45) is 0 Å². The van der Waals surface area contributed by atoms with Crippen molar-refractivity contribution in [2.45, 2.75) is 25.9 Å². The van der Waals surface area contributed by atoms with Crippen LogP contribution in [0.25, 0.3) is 0 Å². The van der Waals surface area contributed by atoms with Crippen LogP contribution in [0.15, 0.2) is 72.8 Å². The summed E-state index contributed by atoms with van der Waals surface area (Å²) in [6, 6.07) is 21.6. The predicted molar refractivity (Wildman–Crippen MR) is 123 cm³/mol. The van der Waals surface area contributed by atoms with E-state index in [1.807, 2.05) is 86.8 Å². The Kier molecular flexibility index (Phi) is 6.03. The molecule has 1 aliphatic heterocycles. The number of rotatable bonds is 5. The van der Waals surface area contributed by atoms with Crippen LogP contribution >= 0.6 is 0 Å². The summed E-state index contributed by atoms with van der Waals surface area (Å²) in [5, 5.41) is 2.94. The lowest BCUT2D eigenvalue weighted by atomic mass is 9.99. The summed E-state index contributed by atoms with van der Waals surface area (Å²) in [4.78, 5) is 25.9. The Bertz CT molecular complexity index is 1180. The van der Waals surface area contributed by atoms with Crippen molar-refractivity contribution in [3.8, 4) is 5.75 Å². The Morgan fingerprint density at radius 2 is 1.78 bits per heavy atom. The molecule has 4 rings (SSSR count). The molecule has 3 aromatic carbocycles. The molecule has 2 atom stereocenters. The van der Waals surface area contributed by atoms with Gasteiger partial charge in [0.15, 0.2) is 6.04 Å². The summed E-state index contributed by atoms with van der Waals surface area (Å²) < 4.78 is 7.05. The second kappa shape index (κ2) is 9.06. The van der Waals surface area contributed by atoms with Gasteiger partial charge in [-0.1, -0.05) is 35.9 Å². The molecule has 3 aromatic rings. The van der Waals surface area contributed by atoms with Crippen LogP contribution in [0.1, 0.15) is 38.7 Å². The van der Waals surface area contributed by atoms with E-state index in [4.69, 9.17) is 4.74 Å². The van der Waals surface area contributed by atoms with Gasteiger partial charge in [-0.3, -0.25) is 9.59 Å². The molecule has 0 spiro atoms. The molecule has 2 amide bonds. The minimum atomic E-state index is -0.767. The molecule has 1 fully saturated rings. The first-order valence-corrected chi connectivity index (χ1v) is 10.5. The Labute approximate surface area is 187 Å². The van der Waals surface area contributed by atoms with Crippen LogP contribution < -0.4 is 15.5 Å². The third kappa shape index (κ3) is 4.39. The molecule has 162 valence electrons. The maximum absolute atomic E-state index is 13.0. The van der Waals surface area contributed by atoms with E-state index < -0.39 is 12.1 Å². The first kappa shape index (κ1) is 21.3. The largest absolute Gasteiger partial charge is 0.497 e. The number of carbonyl (C=O) groups is 2. The lowest BCUT2D eigenvalue weighted by molar-refractivity contribution is -0.596. The third-order valence-electron chi connectivity index (χ3n) is 5.63. The van der Waals surface area contributed by atoms with E-state index >= 15 is 0 Å². The molecular weight excluding hydrogens is 402 g/mol.